The van der Waals surface area contributed by atoms with Crippen LogP contribution in [0.15, 0.2) is 12.2 Å². The lowest BCUT2D eigenvalue weighted by molar-refractivity contribution is -0.118. The number of hydrogen-bond acceptors (Lipinski definition) is 1. The zero-order valence-electron chi connectivity index (χ0n) is 5.05. The van der Waals surface area contributed by atoms with Crippen molar-refractivity contribution in [2.75, 3.05) is 0 Å². The second-order valence-electron chi connectivity index (χ2n) is 2.16. The van der Waals surface area contributed by atoms with Crippen LogP contribution in [0.3, 0.4) is 0 Å². The molecule has 1 atom stereocenters. The first-order valence-electron chi connectivity index (χ1n) is 3.06. The third kappa shape index (κ3) is 0.808. The summed E-state index contributed by atoms with van der Waals surface area (Å²) in [5.41, 5.74) is 0. The summed E-state index contributed by atoms with van der Waals surface area (Å²) in [7, 11) is 0. The SMILES string of the molecule is CCCC1C=CC1=O. The van der Waals surface area contributed by atoms with Crippen LogP contribution in [0.1, 0.15) is 19.8 Å². The lowest BCUT2D eigenvalue weighted by atomic mass is 9.90. The van der Waals surface area contributed by atoms with E-state index < -0.39 is 0 Å². The second-order valence-corrected chi connectivity index (χ2v) is 2.16. The number of carbonyl (C=O) groups is 1. The van der Waals surface area contributed by atoms with Crippen molar-refractivity contribution in [3.63, 3.8) is 0 Å². The smallest absolute Gasteiger partial charge is 0.162 e. The molecule has 1 heteroatoms. The Morgan fingerprint density at radius 2 is 2.50 bits per heavy atom. The average Bonchev–Trinajstić information content (AvgIpc) is 1.79. The molecule has 0 bridgehead atoms. The fraction of sp³-hybridized carbons (Fsp3) is 0.571. The Hall–Kier alpha value is -0.590. The second kappa shape index (κ2) is 2.12. The van der Waals surface area contributed by atoms with E-state index in [1.54, 1.807) is 6.08 Å². The molecule has 0 spiro atoms. The third-order valence-electron chi connectivity index (χ3n) is 1.46. The van der Waals surface area contributed by atoms with E-state index >= 15 is 0 Å². The topological polar surface area (TPSA) is 17.1 Å². The van der Waals surface area contributed by atoms with Gasteiger partial charge in [-0.1, -0.05) is 19.4 Å². The number of ketones is 1. The molecule has 0 aromatic heterocycles. The molecule has 1 nitrogen and oxygen atoms in total. The predicted octanol–water partition coefficient (Wildman–Crippen LogP) is 1.54. The molecule has 1 aliphatic rings. The van der Waals surface area contributed by atoms with Gasteiger partial charge in [0.1, 0.15) is 0 Å². The van der Waals surface area contributed by atoms with Crippen LogP contribution in [0.25, 0.3) is 0 Å². The molecule has 0 saturated heterocycles. The normalized spacial score (nSPS) is 25.6. The van der Waals surface area contributed by atoms with Crippen LogP contribution in [0.2, 0.25) is 0 Å². The number of allylic oxidation sites excluding steroid dienone is 2. The first kappa shape index (κ1) is 5.54. The molecule has 0 saturated carbocycles. The standard InChI is InChI=1S/C7H10O/c1-2-3-6-4-5-7(6)8/h4-6H,2-3H2,1H3. The van der Waals surface area contributed by atoms with Crippen molar-refractivity contribution in [3.05, 3.63) is 12.2 Å². The highest BCUT2D eigenvalue weighted by atomic mass is 16.1. The van der Waals surface area contributed by atoms with Gasteiger partial charge in [-0.05, 0) is 12.5 Å². The van der Waals surface area contributed by atoms with Crippen molar-refractivity contribution < 1.29 is 4.79 Å². The van der Waals surface area contributed by atoms with Gasteiger partial charge in [0.05, 0.1) is 0 Å². The molecule has 0 aromatic carbocycles. The van der Waals surface area contributed by atoms with E-state index in [-0.39, 0.29) is 5.92 Å². The maximum absolute atomic E-state index is 10.5. The third-order valence-corrected chi connectivity index (χ3v) is 1.46. The summed E-state index contributed by atoms with van der Waals surface area (Å²) in [6.07, 6.45) is 5.78. The predicted molar refractivity (Wildman–Crippen MR) is 32.5 cm³/mol. The van der Waals surface area contributed by atoms with Crippen molar-refractivity contribution in [1.29, 1.82) is 0 Å². The van der Waals surface area contributed by atoms with Gasteiger partial charge < -0.3 is 0 Å². The molecule has 1 rings (SSSR count). The van der Waals surface area contributed by atoms with E-state index in [4.69, 9.17) is 0 Å². The first-order chi connectivity index (χ1) is 3.84. The highest BCUT2D eigenvalue weighted by Gasteiger charge is 2.18. The summed E-state index contributed by atoms with van der Waals surface area (Å²) in [5.74, 6) is 0.590. The number of hydrogen-bond donors (Lipinski definition) is 0. The molecule has 1 aliphatic carbocycles. The fourth-order valence-corrected chi connectivity index (χ4v) is 0.860. The Bertz CT molecular complexity index is 124. The largest absolute Gasteiger partial charge is 0.294 e. The van der Waals surface area contributed by atoms with Gasteiger partial charge in [-0.25, -0.2) is 0 Å². The van der Waals surface area contributed by atoms with Gasteiger partial charge >= 0.3 is 0 Å². The molecule has 0 amide bonds. The van der Waals surface area contributed by atoms with Crippen LogP contribution < -0.4 is 0 Å². The molecule has 0 radical (unpaired) electrons. The summed E-state index contributed by atoms with van der Waals surface area (Å²) in [5, 5.41) is 0. The van der Waals surface area contributed by atoms with Gasteiger partial charge in [0, 0.05) is 5.92 Å². The van der Waals surface area contributed by atoms with E-state index in [1.807, 2.05) is 6.08 Å². The molecule has 0 aliphatic heterocycles. The van der Waals surface area contributed by atoms with E-state index in [1.165, 1.54) is 0 Å². The van der Waals surface area contributed by atoms with Crippen molar-refractivity contribution >= 4 is 5.78 Å². The highest BCUT2D eigenvalue weighted by Crippen LogP contribution is 2.17. The molecule has 1 unspecified atom stereocenters. The van der Waals surface area contributed by atoms with Crippen LogP contribution in [0, 0.1) is 5.92 Å². The van der Waals surface area contributed by atoms with Crippen LogP contribution in [-0.2, 0) is 4.79 Å². The minimum atomic E-state index is 0.278. The van der Waals surface area contributed by atoms with Crippen LogP contribution in [0.5, 0.6) is 0 Å². The van der Waals surface area contributed by atoms with E-state index in [0.29, 0.717) is 5.78 Å². The average molecular weight is 110 g/mol. The Labute approximate surface area is 49.4 Å². The van der Waals surface area contributed by atoms with Crippen LogP contribution in [-0.4, -0.2) is 5.78 Å². The maximum atomic E-state index is 10.5. The Kier molecular flexibility index (Phi) is 1.47. The lowest BCUT2D eigenvalue weighted by Gasteiger charge is -2.13. The molecule has 44 valence electrons. The van der Waals surface area contributed by atoms with Crippen molar-refractivity contribution in [3.8, 4) is 0 Å². The van der Waals surface area contributed by atoms with Gasteiger partial charge in [0.25, 0.3) is 0 Å². The minimum Gasteiger partial charge on any atom is -0.294 e. The molecule has 0 fully saturated rings. The van der Waals surface area contributed by atoms with E-state index in [2.05, 4.69) is 6.92 Å². The van der Waals surface area contributed by atoms with Gasteiger partial charge in [0.15, 0.2) is 5.78 Å². The number of carbonyl (C=O) groups excluding carboxylic acids is 1. The summed E-state index contributed by atoms with van der Waals surface area (Å²) in [4.78, 5) is 10.5. The monoisotopic (exact) mass is 110 g/mol. The van der Waals surface area contributed by atoms with E-state index in [0.717, 1.165) is 12.8 Å². The molecular weight excluding hydrogens is 100 g/mol. The van der Waals surface area contributed by atoms with Gasteiger partial charge in [0.2, 0.25) is 0 Å². The lowest BCUT2D eigenvalue weighted by Crippen LogP contribution is -2.16. The summed E-state index contributed by atoms with van der Waals surface area (Å²) in [6.45, 7) is 2.10. The maximum Gasteiger partial charge on any atom is 0.162 e. The molecule has 8 heavy (non-hydrogen) atoms. The van der Waals surface area contributed by atoms with Gasteiger partial charge in [-0.2, -0.15) is 0 Å². The molecule has 0 N–H and O–H groups in total. The molecule has 0 aromatic rings. The van der Waals surface area contributed by atoms with Crippen molar-refractivity contribution in [2.45, 2.75) is 19.8 Å². The summed E-state index contributed by atoms with van der Waals surface area (Å²) < 4.78 is 0. The van der Waals surface area contributed by atoms with Gasteiger partial charge in [-0.3, -0.25) is 4.79 Å². The first-order valence-corrected chi connectivity index (χ1v) is 3.06. The van der Waals surface area contributed by atoms with Crippen LogP contribution in [0.4, 0.5) is 0 Å². The van der Waals surface area contributed by atoms with Gasteiger partial charge in [-0.15, -0.1) is 0 Å². The van der Waals surface area contributed by atoms with Crippen LogP contribution >= 0.6 is 0 Å². The van der Waals surface area contributed by atoms with E-state index in [9.17, 15) is 4.79 Å². The quantitative estimate of drug-likeness (QED) is 0.527. The number of rotatable bonds is 2. The summed E-state index contributed by atoms with van der Waals surface area (Å²) in [6, 6.07) is 0. The minimum absolute atomic E-state index is 0.278. The summed E-state index contributed by atoms with van der Waals surface area (Å²) >= 11 is 0. The Morgan fingerprint density at radius 3 is 2.62 bits per heavy atom. The van der Waals surface area contributed by atoms with Crippen molar-refractivity contribution in [1.82, 2.24) is 0 Å². The molecular formula is C7H10O. The van der Waals surface area contributed by atoms with Crippen molar-refractivity contribution in [2.24, 2.45) is 5.92 Å². The zero-order chi connectivity index (χ0) is 5.98. The zero-order valence-corrected chi connectivity index (χ0v) is 5.05. The highest BCUT2D eigenvalue weighted by molar-refractivity contribution is 5.99. The fourth-order valence-electron chi connectivity index (χ4n) is 0.860. The Morgan fingerprint density at radius 1 is 1.75 bits per heavy atom. The Balaban J connectivity index is 2.30. The molecule has 0 heterocycles.